The Bertz CT molecular complexity index is 729. The Morgan fingerprint density at radius 3 is 2.15 bits per heavy atom. The zero-order valence-electron chi connectivity index (χ0n) is 11.5. The Morgan fingerprint density at radius 2 is 1.60 bits per heavy atom. The van der Waals surface area contributed by atoms with Crippen LogP contribution < -0.4 is 0 Å². The lowest BCUT2D eigenvalue weighted by Crippen LogP contribution is -2.05. The van der Waals surface area contributed by atoms with Gasteiger partial charge in [0.1, 0.15) is 0 Å². The summed E-state index contributed by atoms with van der Waals surface area (Å²) in [5.41, 5.74) is 2.60. The molecule has 0 aromatic heterocycles. The van der Waals surface area contributed by atoms with Gasteiger partial charge in [-0.1, -0.05) is 36.4 Å². The maximum Gasteiger partial charge on any atom is 0.175 e. The molecule has 2 aromatic carbocycles. The van der Waals surface area contributed by atoms with Crippen LogP contribution in [0, 0.1) is 6.92 Å². The van der Waals surface area contributed by atoms with E-state index in [0.717, 1.165) is 17.4 Å². The third-order valence-electron chi connectivity index (χ3n) is 3.22. The fourth-order valence-corrected chi connectivity index (χ4v) is 2.60. The highest BCUT2D eigenvalue weighted by molar-refractivity contribution is 7.90. The summed E-state index contributed by atoms with van der Waals surface area (Å²) >= 11 is 0. The van der Waals surface area contributed by atoms with E-state index in [1.54, 1.807) is 12.1 Å². The topological polar surface area (TPSA) is 51.2 Å². The van der Waals surface area contributed by atoms with Gasteiger partial charge in [0.25, 0.3) is 0 Å². The summed E-state index contributed by atoms with van der Waals surface area (Å²) in [4.78, 5) is 12.4. The zero-order chi connectivity index (χ0) is 14.8. The van der Waals surface area contributed by atoms with Gasteiger partial charge in [0, 0.05) is 18.2 Å². The lowest BCUT2D eigenvalue weighted by atomic mass is 10.00. The molecule has 4 heteroatoms. The van der Waals surface area contributed by atoms with Crippen molar-refractivity contribution in [3.63, 3.8) is 0 Å². The molecule has 2 rings (SSSR count). The zero-order valence-corrected chi connectivity index (χ0v) is 12.3. The molecule has 0 aliphatic rings. The molecule has 0 amide bonds. The molecule has 104 valence electrons. The summed E-state index contributed by atoms with van der Waals surface area (Å²) in [5, 5.41) is 0. The fraction of sp³-hybridized carbons (Fsp3) is 0.188. The Hall–Kier alpha value is -1.94. The van der Waals surface area contributed by atoms with E-state index in [0.29, 0.717) is 12.0 Å². The molecule has 0 saturated carbocycles. The van der Waals surface area contributed by atoms with Crippen molar-refractivity contribution in [2.75, 3.05) is 6.26 Å². The SMILES string of the molecule is Cc1ccccc1CC(=O)c1ccc(S(C)(=O)=O)cc1. The minimum absolute atomic E-state index is 0.0145. The van der Waals surface area contributed by atoms with Crippen LogP contribution in [0.15, 0.2) is 53.4 Å². The lowest BCUT2D eigenvalue weighted by Gasteiger charge is -2.05. The molecule has 20 heavy (non-hydrogen) atoms. The first-order chi connectivity index (χ1) is 9.38. The van der Waals surface area contributed by atoms with Gasteiger partial charge >= 0.3 is 0 Å². The predicted octanol–water partition coefficient (Wildman–Crippen LogP) is 2.82. The van der Waals surface area contributed by atoms with Gasteiger partial charge in [-0.25, -0.2) is 8.42 Å². The van der Waals surface area contributed by atoms with Crippen molar-refractivity contribution in [3.05, 3.63) is 65.2 Å². The molecule has 0 radical (unpaired) electrons. The number of hydrogen-bond acceptors (Lipinski definition) is 3. The summed E-state index contributed by atoms with van der Waals surface area (Å²) in [6.07, 6.45) is 1.47. The smallest absolute Gasteiger partial charge is 0.175 e. The third-order valence-corrected chi connectivity index (χ3v) is 4.35. The van der Waals surface area contributed by atoms with Crippen molar-refractivity contribution in [1.82, 2.24) is 0 Å². The van der Waals surface area contributed by atoms with Crippen molar-refractivity contribution in [1.29, 1.82) is 0 Å². The number of ketones is 1. The van der Waals surface area contributed by atoms with E-state index in [1.807, 2.05) is 31.2 Å². The number of Topliss-reactive ketones (excluding diaryl/α,β-unsaturated/α-hetero) is 1. The minimum atomic E-state index is -3.22. The second-order valence-corrected chi connectivity index (χ2v) is 6.84. The molecule has 2 aromatic rings. The van der Waals surface area contributed by atoms with E-state index in [4.69, 9.17) is 0 Å². The van der Waals surface area contributed by atoms with Crippen molar-refractivity contribution in [2.24, 2.45) is 0 Å². The molecule has 0 bridgehead atoms. The molecular weight excluding hydrogens is 272 g/mol. The number of carbonyl (C=O) groups is 1. The van der Waals surface area contributed by atoms with Crippen LogP contribution in [0.2, 0.25) is 0 Å². The van der Waals surface area contributed by atoms with Gasteiger partial charge in [-0.3, -0.25) is 4.79 Å². The molecule has 0 spiro atoms. The lowest BCUT2D eigenvalue weighted by molar-refractivity contribution is 0.0992. The van der Waals surface area contributed by atoms with Gasteiger partial charge in [-0.2, -0.15) is 0 Å². The van der Waals surface area contributed by atoms with Crippen LogP contribution in [-0.4, -0.2) is 20.5 Å². The summed E-state index contributed by atoms with van der Waals surface area (Å²) in [5.74, 6) is -0.0145. The van der Waals surface area contributed by atoms with E-state index in [-0.39, 0.29) is 10.7 Å². The van der Waals surface area contributed by atoms with Crippen molar-refractivity contribution >= 4 is 15.6 Å². The molecule has 0 saturated heterocycles. The van der Waals surface area contributed by atoms with Gasteiger partial charge in [0.15, 0.2) is 15.6 Å². The standard InChI is InChI=1S/C16H16O3S/c1-12-5-3-4-6-14(12)11-16(17)13-7-9-15(10-8-13)20(2,18)19/h3-10H,11H2,1-2H3. The van der Waals surface area contributed by atoms with E-state index < -0.39 is 9.84 Å². The molecule has 0 aliphatic heterocycles. The molecular formula is C16H16O3S. The van der Waals surface area contributed by atoms with E-state index in [1.165, 1.54) is 12.1 Å². The highest BCUT2D eigenvalue weighted by Gasteiger charge is 2.11. The summed E-state index contributed by atoms with van der Waals surface area (Å²) < 4.78 is 22.7. The summed E-state index contributed by atoms with van der Waals surface area (Å²) in [6.45, 7) is 1.97. The van der Waals surface area contributed by atoms with Crippen LogP contribution in [0.1, 0.15) is 21.5 Å². The number of carbonyl (C=O) groups excluding carboxylic acids is 1. The van der Waals surface area contributed by atoms with Crippen LogP contribution in [0.3, 0.4) is 0 Å². The second-order valence-electron chi connectivity index (χ2n) is 4.82. The van der Waals surface area contributed by atoms with E-state index in [9.17, 15) is 13.2 Å². The Balaban J connectivity index is 2.20. The normalized spacial score (nSPS) is 11.3. The highest BCUT2D eigenvalue weighted by Crippen LogP contribution is 2.14. The first-order valence-electron chi connectivity index (χ1n) is 6.26. The minimum Gasteiger partial charge on any atom is -0.294 e. The van der Waals surface area contributed by atoms with Crippen molar-refractivity contribution in [2.45, 2.75) is 18.2 Å². The average Bonchev–Trinajstić information content (AvgIpc) is 2.40. The maximum atomic E-state index is 12.2. The van der Waals surface area contributed by atoms with Crippen molar-refractivity contribution < 1.29 is 13.2 Å². The van der Waals surface area contributed by atoms with Gasteiger partial charge in [-0.05, 0) is 30.2 Å². The number of benzene rings is 2. The molecule has 0 fully saturated rings. The molecule has 0 aliphatic carbocycles. The third kappa shape index (κ3) is 3.33. The molecule has 0 unspecified atom stereocenters. The van der Waals surface area contributed by atoms with Crippen LogP contribution in [0.25, 0.3) is 0 Å². The highest BCUT2D eigenvalue weighted by atomic mass is 32.2. The van der Waals surface area contributed by atoms with E-state index >= 15 is 0 Å². The number of hydrogen-bond donors (Lipinski definition) is 0. The Morgan fingerprint density at radius 1 is 1.00 bits per heavy atom. The molecule has 3 nitrogen and oxygen atoms in total. The van der Waals surface area contributed by atoms with Crippen LogP contribution in [-0.2, 0) is 16.3 Å². The summed E-state index contributed by atoms with van der Waals surface area (Å²) in [7, 11) is -3.22. The van der Waals surface area contributed by atoms with Gasteiger partial charge in [-0.15, -0.1) is 0 Å². The monoisotopic (exact) mass is 288 g/mol. The maximum absolute atomic E-state index is 12.2. The quantitative estimate of drug-likeness (QED) is 0.813. The summed E-state index contributed by atoms with van der Waals surface area (Å²) in [6, 6.07) is 13.8. The average molecular weight is 288 g/mol. The van der Waals surface area contributed by atoms with Gasteiger partial charge in [0.2, 0.25) is 0 Å². The Kier molecular flexibility index (Phi) is 4.04. The van der Waals surface area contributed by atoms with E-state index in [2.05, 4.69) is 0 Å². The second kappa shape index (κ2) is 5.59. The number of sulfone groups is 1. The first-order valence-corrected chi connectivity index (χ1v) is 8.15. The molecule has 0 heterocycles. The van der Waals surface area contributed by atoms with Gasteiger partial charge in [0.05, 0.1) is 4.90 Å². The van der Waals surface area contributed by atoms with Crippen LogP contribution in [0.4, 0.5) is 0 Å². The van der Waals surface area contributed by atoms with Crippen LogP contribution >= 0.6 is 0 Å². The molecule has 0 N–H and O–H groups in total. The first kappa shape index (κ1) is 14.5. The predicted molar refractivity (Wildman–Crippen MR) is 78.8 cm³/mol. The van der Waals surface area contributed by atoms with Gasteiger partial charge < -0.3 is 0 Å². The number of aryl methyl sites for hydroxylation is 1. The largest absolute Gasteiger partial charge is 0.294 e. The Labute approximate surface area is 119 Å². The van der Waals surface area contributed by atoms with Crippen LogP contribution in [0.5, 0.6) is 0 Å². The van der Waals surface area contributed by atoms with Crippen molar-refractivity contribution in [3.8, 4) is 0 Å². The number of rotatable bonds is 4. The molecule has 0 atom stereocenters. The fourth-order valence-electron chi connectivity index (χ4n) is 1.97.